The Morgan fingerprint density at radius 2 is 1.82 bits per heavy atom. The predicted octanol–water partition coefficient (Wildman–Crippen LogP) is 2.66. The quantitative estimate of drug-likeness (QED) is 0.409. The van der Waals surface area contributed by atoms with Gasteiger partial charge in [0.25, 0.3) is 0 Å². The van der Waals surface area contributed by atoms with Crippen LogP contribution in [-0.4, -0.2) is 29.6 Å². The normalized spacial score (nSPS) is 20.5. The highest BCUT2D eigenvalue weighted by Crippen LogP contribution is 2.26. The molecule has 1 atom stereocenters. The molecule has 0 saturated carbocycles. The van der Waals surface area contributed by atoms with Crippen molar-refractivity contribution in [1.29, 1.82) is 0 Å². The molecule has 3 heteroatoms. The molecule has 3 nitrogen and oxygen atoms in total. The SMILES string of the molecule is CCCCCC(NN)C(C)(C)N1CCCCC1. The first-order valence-electron chi connectivity index (χ1n) is 7.34. The van der Waals surface area contributed by atoms with Gasteiger partial charge in [-0.1, -0.05) is 32.6 Å². The molecule has 17 heavy (non-hydrogen) atoms. The molecule has 1 aliphatic rings. The standard InChI is InChI=1S/C14H31N3/c1-4-5-7-10-13(16-15)14(2,3)17-11-8-6-9-12-17/h13,16H,4-12,15H2,1-3H3. The Bertz CT molecular complexity index is 198. The largest absolute Gasteiger partial charge is 0.297 e. The van der Waals surface area contributed by atoms with E-state index in [1.807, 2.05) is 0 Å². The van der Waals surface area contributed by atoms with Crippen molar-refractivity contribution in [3.63, 3.8) is 0 Å². The summed E-state index contributed by atoms with van der Waals surface area (Å²) in [5.41, 5.74) is 3.24. The molecule has 1 heterocycles. The van der Waals surface area contributed by atoms with Crippen molar-refractivity contribution < 1.29 is 0 Å². The zero-order valence-corrected chi connectivity index (χ0v) is 12.0. The fourth-order valence-corrected chi connectivity index (χ4v) is 2.93. The van der Waals surface area contributed by atoms with Crippen LogP contribution in [0.3, 0.4) is 0 Å². The molecule has 3 N–H and O–H groups in total. The van der Waals surface area contributed by atoms with Crippen molar-refractivity contribution in [2.75, 3.05) is 13.1 Å². The van der Waals surface area contributed by atoms with Gasteiger partial charge in [-0.25, -0.2) is 0 Å². The molecule has 102 valence electrons. The molecule has 1 aliphatic heterocycles. The molecule has 1 rings (SSSR count). The number of likely N-dealkylation sites (tertiary alicyclic amines) is 1. The van der Waals surface area contributed by atoms with E-state index in [1.54, 1.807) is 0 Å². The lowest BCUT2D eigenvalue weighted by atomic mass is 9.87. The Morgan fingerprint density at radius 3 is 2.35 bits per heavy atom. The van der Waals surface area contributed by atoms with Gasteiger partial charge >= 0.3 is 0 Å². The summed E-state index contributed by atoms with van der Waals surface area (Å²) in [6.07, 6.45) is 9.14. The van der Waals surface area contributed by atoms with E-state index in [1.165, 1.54) is 58.0 Å². The van der Waals surface area contributed by atoms with E-state index in [0.29, 0.717) is 6.04 Å². The number of nitrogens with zero attached hydrogens (tertiary/aromatic N) is 1. The molecule has 0 amide bonds. The van der Waals surface area contributed by atoms with Crippen LogP contribution in [0.2, 0.25) is 0 Å². The fourth-order valence-electron chi connectivity index (χ4n) is 2.93. The summed E-state index contributed by atoms with van der Waals surface area (Å²) in [4.78, 5) is 2.62. The number of hydrazine groups is 1. The molecule has 0 radical (unpaired) electrons. The van der Waals surface area contributed by atoms with Gasteiger partial charge in [-0.05, 0) is 46.2 Å². The average Bonchev–Trinajstić information content (AvgIpc) is 2.35. The van der Waals surface area contributed by atoms with Crippen LogP contribution in [0, 0.1) is 0 Å². The van der Waals surface area contributed by atoms with Crippen molar-refractivity contribution in [2.24, 2.45) is 5.84 Å². The molecule has 0 aromatic carbocycles. The van der Waals surface area contributed by atoms with E-state index < -0.39 is 0 Å². The van der Waals surface area contributed by atoms with Gasteiger partial charge in [-0.3, -0.25) is 16.2 Å². The summed E-state index contributed by atoms with van der Waals surface area (Å²) in [6, 6.07) is 0.409. The molecule has 1 saturated heterocycles. The summed E-state index contributed by atoms with van der Waals surface area (Å²) < 4.78 is 0. The topological polar surface area (TPSA) is 41.3 Å². The highest BCUT2D eigenvalue weighted by molar-refractivity contribution is 4.93. The van der Waals surface area contributed by atoms with Crippen molar-refractivity contribution in [2.45, 2.75) is 77.3 Å². The highest BCUT2D eigenvalue weighted by Gasteiger charge is 2.34. The number of rotatable bonds is 7. The van der Waals surface area contributed by atoms with Gasteiger partial charge < -0.3 is 0 Å². The van der Waals surface area contributed by atoms with E-state index in [2.05, 4.69) is 31.1 Å². The van der Waals surface area contributed by atoms with E-state index in [-0.39, 0.29) is 5.54 Å². The number of unbranched alkanes of at least 4 members (excludes halogenated alkanes) is 2. The molecule has 0 aromatic heterocycles. The first-order valence-corrected chi connectivity index (χ1v) is 7.34. The second-order valence-corrected chi connectivity index (χ2v) is 5.92. The summed E-state index contributed by atoms with van der Waals surface area (Å²) in [7, 11) is 0. The van der Waals surface area contributed by atoms with Gasteiger partial charge in [0.2, 0.25) is 0 Å². The second-order valence-electron chi connectivity index (χ2n) is 5.92. The first-order chi connectivity index (χ1) is 8.12. The predicted molar refractivity (Wildman–Crippen MR) is 74.8 cm³/mol. The molecule has 0 spiro atoms. The Kier molecular flexibility index (Phi) is 6.45. The van der Waals surface area contributed by atoms with Crippen molar-refractivity contribution in [1.82, 2.24) is 10.3 Å². The molecule has 0 bridgehead atoms. The Labute approximate surface area is 107 Å². The van der Waals surface area contributed by atoms with Crippen molar-refractivity contribution >= 4 is 0 Å². The molecule has 1 fully saturated rings. The van der Waals surface area contributed by atoms with Crippen LogP contribution in [-0.2, 0) is 0 Å². The van der Waals surface area contributed by atoms with Crippen molar-refractivity contribution in [3.05, 3.63) is 0 Å². The van der Waals surface area contributed by atoms with Gasteiger partial charge in [0.05, 0.1) is 0 Å². The summed E-state index contributed by atoms with van der Waals surface area (Å²) in [5, 5.41) is 0. The van der Waals surface area contributed by atoms with Gasteiger partial charge in [-0.15, -0.1) is 0 Å². The first kappa shape index (κ1) is 14.9. The average molecular weight is 241 g/mol. The fraction of sp³-hybridized carbons (Fsp3) is 1.00. The van der Waals surface area contributed by atoms with E-state index in [9.17, 15) is 0 Å². The van der Waals surface area contributed by atoms with E-state index >= 15 is 0 Å². The van der Waals surface area contributed by atoms with Crippen LogP contribution in [0.15, 0.2) is 0 Å². The lowest BCUT2D eigenvalue weighted by Crippen LogP contribution is -2.60. The number of nitrogens with one attached hydrogen (secondary N) is 1. The zero-order chi connectivity index (χ0) is 12.7. The minimum Gasteiger partial charge on any atom is -0.297 e. The second kappa shape index (κ2) is 7.34. The maximum atomic E-state index is 5.77. The van der Waals surface area contributed by atoms with Crippen LogP contribution < -0.4 is 11.3 Å². The molecule has 0 aromatic rings. The van der Waals surface area contributed by atoms with Gasteiger partial charge in [0.1, 0.15) is 0 Å². The molecule has 1 unspecified atom stereocenters. The number of nitrogens with two attached hydrogens (primary N) is 1. The van der Waals surface area contributed by atoms with Crippen LogP contribution >= 0.6 is 0 Å². The third-order valence-electron chi connectivity index (χ3n) is 4.32. The van der Waals surface area contributed by atoms with Gasteiger partial charge in [0, 0.05) is 11.6 Å². The molecular formula is C14H31N3. The Morgan fingerprint density at radius 1 is 1.18 bits per heavy atom. The van der Waals surface area contributed by atoms with Crippen molar-refractivity contribution in [3.8, 4) is 0 Å². The zero-order valence-electron chi connectivity index (χ0n) is 12.0. The third kappa shape index (κ3) is 4.23. The van der Waals surface area contributed by atoms with Crippen LogP contribution in [0.1, 0.15) is 65.7 Å². The van der Waals surface area contributed by atoms with Crippen LogP contribution in [0.25, 0.3) is 0 Å². The summed E-state index contributed by atoms with van der Waals surface area (Å²) in [6.45, 7) is 9.40. The summed E-state index contributed by atoms with van der Waals surface area (Å²) >= 11 is 0. The van der Waals surface area contributed by atoms with Gasteiger partial charge in [-0.2, -0.15) is 0 Å². The maximum Gasteiger partial charge on any atom is 0.0389 e. The van der Waals surface area contributed by atoms with E-state index in [0.717, 1.165) is 0 Å². The maximum absolute atomic E-state index is 5.77. The summed E-state index contributed by atoms with van der Waals surface area (Å²) in [5.74, 6) is 5.77. The van der Waals surface area contributed by atoms with E-state index in [4.69, 9.17) is 5.84 Å². The van der Waals surface area contributed by atoms with Crippen LogP contribution in [0.4, 0.5) is 0 Å². The lowest BCUT2D eigenvalue weighted by molar-refractivity contribution is 0.0574. The number of hydrogen-bond acceptors (Lipinski definition) is 3. The smallest absolute Gasteiger partial charge is 0.0389 e. The monoisotopic (exact) mass is 241 g/mol. The highest BCUT2D eigenvalue weighted by atomic mass is 15.3. The Hall–Kier alpha value is -0.120. The molecule has 0 aliphatic carbocycles. The van der Waals surface area contributed by atoms with Gasteiger partial charge in [0.15, 0.2) is 0 Å². The van der Waals surface area contributed by atoms with Crippen LogP contribution in [0.5, 0.6) is 0 Å². The Balaban J connectivity index is 2.50. The minimum absolute atomic E-state index is 0.183. The number of piperidine rings is 1. The molecular weight excluding hydrogens is 210 g/mol. The minimum atomic E-state index is 0.183. The lowest BCUT2D eigenvalue weighted by Gasteiger charge is -2.45. The third-order valence-corrected chi connectivity index (χ3v) is 4.32. The number of hydrogen-bond donors (Lipinski definition) is 2.